The molecule has 1 heterocycles. The molecule has 0 radical (unpaired) electrons. The Morgan fingerprint density at radius 3 is 2.64 bits per heavy atom. The zero-order valence-corrected chi connectivity index (χ0v) is 6.05. The summed E-state index contributed by atoms with van der Waals surface area (Å²) in [6.07, 6.45) is -2.40. The molecular weight excluding hydrogens is 150 g/mol. The number of nitrogens with two attached hydrogens (primary N) is 1. The van der Waals surface area contributed by atoms with Crippen LogP contribution in [-0.2, 0) is 4.74 Å². The van der Waals surface area contributed by atoms with Gasteiger partial charge in [0, 0.05) is 12.5 Å². The lowest BCUT2D eigenvalue weighted by atomic mass is 10.0. The van der Waals surface area contributed by atoms with Crippen molar-refractivity contribution in [2.24, 2.45) is 5.73 Å². The molecule has 0 amide bonds. The molecule has 0 unspecified atom stereocenters. The van der Waals surface area contributed by atoms with Gasteiger partial charge in [-0.1, -0.05) is 0 Å². The van der Waals surface area contributed by atoms with Gasteiger partial charge in [-0.25, -0.2) is 0 Å². The van der Waals surface area contributed by atoms with Crippen LogP contribution in [0.15, 0.2) is 0 Å². The largest absolute Gasteiger partial charge is 0.394 e. The molecule has 1 rings (SSSR count). The second-order valence-corrected chi connectivity index (χ2v) is 2.70. The Balaban J connectivity index is 2.51. The van der Waals surface area contributed by atoms with Gasteiger partial charge in [0.15, 0.2) is 6.29 Å². The van der Waals surface area contributed by atoms with Gasteiger partial charge >= 0.3 is 0 Å². The van der Waals surface area contributed by atoms with Crippen LogP contribution in [0.1, 0.15) is 6.42 Å². The minimum atomic E-state index is -0.967. The predicted octanol–water partition coefficient (Wildman–Crippen LogP) is -2.23. The first-order chi connectivity index (χ1) is 5.15. The summed E-state index contributed by atoms with van der Waals surface area (Å²) in [5, 5.41) is 26.9. The van der Waals surface area contributed by atoms with E-state index in [9.17, 15) is 5.11 Å². The van der Waals surface area contributed by atoms with E-state index in [4.69, 9.17) is 20.7 Å². The van der Waals surface area contributed by atoms with Gasteiger partial charge in [-0.3, -0.25) is 0 Å². The van der Waals surface area contributed by atoms with Gasteiger partial charge in [-0.15, -0.1) is 0 Å². The second kappa shape index (κ2) is 3.46. The number of rotatable bonds is 1. The molecule has 1 aliphatic rings. The summed E-state index contributed by atoms with van der Waals surface area (Å²) < 4.78 is 4.79. The van der Waals surface area contributed by atoms with Crippen molar-refractivity contribution in [3.8, 4) is 0 Å². The van der Waals surface area contributed by atoms with Crippen molar-refractivity contribution in [1.82, 2.24) is 0 Å². The van der Waals surface area contributed by atoms with E-state index in [1.165, 1.54) is 0 Å². The molecule has 1 aliphatic heterocycles. The third-order valence-corrected chi connectivity index (χ3v) is 1.81. The van der Waals surface area contributed by atoms with Crippen LogP contribution in [0, 0.1) is 0 Å². The van der Waals surface area contributed by atoms with Crippen molar-refractivity contribution < 1.29 is 20.1 Å². The highest BCUT2D eigenvalue weighted by molar-refractivity contribution is 4.84. The van der Waals surface area contributed by atoms with Crippen molar-refractivity contribution in [2.45, 2.75) is 31.0 Å². The highest BCUT2D eigenvalue weighted by atomic mass is 16.6. The average Bonchev–Trinajstić information content (AvgIpc) is 1.96. The molecule has 5 N–H and O–H groups in total. The first-order valence-electron chi connectivity index (χ1n) is 3.53. The van der Waals surface area contributed by atoms with Crippen molar-refractivity contribution in [3.05, 3.63) is 0 Å². The molecule has 0 aromatic heterocycles. The number of aliphatic hydroxyl groups is 3. The van der Waals surface area contributed by atoms with E-state index in [1.807, 2.05) is 0 Å². The summed E-state index contributed by atoms with van der Waals surface area (Å²) in [4.78, 5) is 0. The fourth-order valence-corrected chi connectivity index (χ4v) is 1.14. The Bertz CT molecular complexity index is 132. The fraction of sp³-hybridized carbons (Fsp3) is 1.00. The molecule has 5 heteroatoms. The zero-order valence-electron chi connectivity index (χ0n) is 6.05. The van der Waals surface area contributed by atoms with E-state index in [-0.39, 0.29) is 13.0 Å². The lowest BCUT2D eigenvalue weighted by molar-refractivity contribution is -0.213. The third-order valence-electron chi connectivity index (χ3n) is 1.81. The normalized spacial score (nSPS) is 45.8. The van der Waals surface area contributed by atoms with Gasteiger partial charge in [0.2, 0.25) is 0 Å². The molecule has 0 saturated carbocycles. The molecule has 0 aromatic carbocycles. The monoisotopic (exact) mass is 163 g/mol. The first kappa shape index (κ1) is 8.89. The predicted molar refractivity (Wildman–Crippen MR) is 36.6 cm³/mol. The molecule has 1 saturated heterocycles. The Labute approximate surface area is 64.4 Å². The summed E-state index contributed by atoms with van der Waals surface area (Å²) in [5.41, 5.74) is 5.43. The quantitative estimate of drug-likeness (QED) is 0.351. The lowest BCUT2D eigenvalue weighted by Gasteiger charge is -2.34. The summed E-state index contributed by atoms with van der Waals surface area (Å²) in [7, 11) is 0. The maximum absolute atomic E-state index is 9.23. The van der Waals surface area contributed by atoms with E-state index >= 15 is 0 Å². The van der Waals surface area contributed by atoms with Crippen LogP contribution in [-0.4, -0.2) is 46.5 Å². The topological polar surface area (TPSA) is 95.9 Å². The van der Waals surface area contributed by atoms with Crippen LogP contribution < -0.4 is 5.73 Å². The van der Waals surface area contributed by atoms with Crippen LogP contribution >= 0.6 is 0 Å². The Hall–Kier alpha value is -0.200. The van der Waals surface area contributed by atoms with Crippen LogP contribution in [0.25, 0.3) is 0 Å². The number of ether oxygens (including phenoxy) is 1. The van der Waals surface area contributed by atoms with Crippen molar-refractivity contribution >= 4 is 0 Å². The van der Waals surface area contributed by atoms with Crippen molar-refractivity contribution in [3.63, 3.8) is 0 Å². The standard InChI is InChI=1S/C6H13NO4/c7-3-1-5(9)11-4(2-8)6(3)10/h3-6,8-10H,1-2,7H2/t3-,4+,5+,6-/m0/s1. The maximum Gasteiger partial charge on any atom is 0.156 e. The van der Waals surface area contributed by atoms with E-state index in [0.717, 1.165) is 0 Å². The summed E-state index contributed by atoms with van der Waals surface area (Å²) in [5.74, 6) is 0. The smallest absolute Gasteiger partial charge is 0.156 e. The first-order valence-corrected chi connectivity index (χ1v) is 3.53. The molecule has 0 aliphatic carbocycles. The molecule has 0 aromatic rings. The fourth-order valence-electron chi connectivity index (χ4n) is 1.14. The summed E-state index contributed by atoms with van der Waals surface area (Å²) in [6.45, 7) is -0.327. The minimum absolute atomic E-state index is 0.206. The van der Waals surface area contributed by atoms with Gasteiger partial charge < -0.3 is 25.8 Å². The highest BCUT2D eigenvalue weighted by Gasteiger charge is 2.34. The van der Waals surface area contributed by atoms with Gasteiger partial charge in [-0.2, -0.15) is 0 Å². The SMILES string of the molecule is N[C@H]1C[C@H](O)O[C@H](CO)[C@H]1O. The van der Waals surface area contributed by atoms with Crippen LogP contribution in [0.4, 0.5) is 0 Å². The van der Waals surface area contributed by atoms with Gasteiger partial charge in [-0.05, 0) is 0 Å². The van der Waals surface area contributed by atoms with Gasteiger partial charge in [0.1, 0.15) is 6.10 Å². The van der Waals surface area contributed by atoms with E-state index in [2.05, 4.69) is 0 Å². The maximum atomic E-state index is 9.23. The number of hydrogen-bond donors (Lipinski definition) is 4. The molecule has 1 fully saturated rings. The number of aliphatic hydroxyl groups excluding tert-OH is 3. The van der Waals surface area contributed by atoms with E-state index in [1.54, 1.807) is 0 Å². The Morgan fingerprint density at radius 2 is 2.09 bits per heavy atom. The molecule has 4 atom stereocenters. The van der Waals surface area contributed by atoms with E-state index < -0.39 is 24.5 Å². The lowest BCUT2D eigenvalue weighted by Crippen LogP contribution is -2.53. The van der Waals surface area contributed by atoms with Gasteiger partial charge in [0.25, 0.3) is 0 Å². The third kappa shape index (κ3) is 1.88. The van der Waals surface area contributed by atoms with E-state index in [0.29, 0.717) is 0 Å². The average molecular weight is 163 g/mol. The van der Waals surface area contributed by atoms with Crippen molar-refractivity contribution in [1.29, 1.82) is 0 Å². The van der Waals surface area contributed by atoms with Crippen molar-refractivity contribution in [2.75, 3.05) is 6.61 Å². The summed E-state index contributed by atoms with van der Waals surface area (Å²) >= 11 is 0. The molecule has 0 spiro atoms. The Morgan fingerprint density at radius 1 is 1.45 bits per heavy atom. The minimum Gasteiger partial charge on any atom is -0.394 e. The summed E-state index contributed by atoms with van der Waals surface area (Å²) in [6, 6.07) is -0.518. The highest BCUT2D eigenvalue weighted by Crippen LogP contribution is 2.16. The van der Waals surface area contributed by atoms with Gasteiger partial charge in [0.05, 0.1) is 12.7 Å². The molecule has 66 valence electrons. The van der Waals surface area contributed by atoms with Crippen LogP contribution in [0.5, 0.6) is 0 Å². The number of hydrogen-bond acceptors (Lipinski definition) is 5. The Kier molecular flexibility index (Phi) is 2.80. The zero-order chi connectivity index (χ0) is 8.43. The molecule has 5 nitrogen and oxygen atoms in total. The van der Waals surface area contributed by atoms with Crippen LogP contribution in [0.3, 0.4) is 0 Å². The van der Waals surface area contributed by atoms with Crippen LogP contribution in [0.2, 0.25) is 0 Å². The molecule has 11 heavy (non-hydrogen) atoms. The molecule has 0 bridgehead atoms. The second-order valence-electron chi connectivity index (χ2n) is 2.70. The molecular formula is C6H13NO4.